The number of rotatable bonds is 1. The molecule has 0 spiro atoms. The summed E-state index contributed by atoms with van der Waals surface area (Å²) in [5.41, 5.74) is 8.49. The largest absolute Gasteiger partial charge is 0.325 e. The molecule has 0 unspecified atom stereocenters. The normalized spacial score (nSPS) is 10.8. The molecule has 72 valence electrons. The van der Waals surface area contributed by atoms with E-state index in [2.05, 4.69) is 4.98 Å². The molecular weight excluding hydrogens is 196 g/mol. The molecule has 2 N–H and O–H groups in total. The number of aryl methyl sites for hydroxylation is 1. The molecule has 0 aliphatic heterocycles. The smallest absolute Gasteiger partial charge is 0.0749 e. The van der Waals surface area contributed by atoms with Gasteiger partial charge in [-0.1, -0.05) is 17.7 Å². The summed E-state index contributed by atoms with van der Waals surface area (Å²) in [6.07, 6.45) is 0. The molecule has 0 amide bonds. The zero-order chi connectivity index (χ0) is 10.1. The lowest BCUT2D eigenvalue weighted by Gasteiger charge is -2.04. The number of nitrogens with zero attached hydrogens (tertiary/aromatic N) is 1. The van der Waals surface area contributed by atoms with Crippen LogP contribution in [0.3, 0.4) is 0 Å². The molecule has 0 radical (unpaired) electrons. The lowest BCUT2D eigenvalue weighted by atomic mass is 10.1. The highest BCUT2D eigenvalue weighted by Gasteiger charge is 2.03. The molecular formula is C11H11ClN2. The zero-order valence-electron chi connectivity index (χ0n) is 7.92. The highest BCUT2D eigenvalue weighted by atomic mass is 35.5. The Morgan fingerprint density at radius 1 is 1.29 bits per heavy atom. The molecule has 1 aromatic heterocycles. The van der Waals surface area contributed by atoms with E-state index >= 15 is 0 Å². The Hall–Kier alpha value is -1.12. The van der Waals surface area contributed by atoms with Crippen LogP contribution in [0, 0.1) is 6.92 Å². The van der Waals surface area contributed by atoms with Crippen molar-refractivity contribution in [3.8, 4) is 0 Å². The van der Waals surface area contributed by atoms with Gasteiger partial charge in [-0.05, 0) is 30.7 Å². The van der Waals surface area contributed by atoms with Crippen molar-refractivity contribution in [1.29, 1.82) is 0 Å². The molecule has 1 aromatic carbocycles. The van der Waals surface area contributed by atoms with Gasteiger partial charge in [-0.25, -0.2) is 0 Å². The highest BCUT2D eigenvalue weighted by Crippen LogP contribution is 2.24. The molecule has 0 atom stereocenters. The molecule has 0 bridgehead atoms. The topological polar surface area (TPSA) is 38.9 Å². The van der Waals surface area contributed by atoms with E-state index in [-0.39, 0.29) is 0 Å². The van der Waals surface area contributed by atoms with Crippen LogP contribution >= 0.6 is 11.6 Å². The predicted molar refractivity (Wildman–Crippen MR) is 59.4 cm³/mol. The van der Waals surface area contributed by atoms with Crippen LogP contribution in [0.4, 0.5) is 0 Å². The third-order valence-electron chi connectivity index (χ3n) is 2.27. The lowest BCUT2D eigenvalue weighted by Crippen LogP contribution is -1.99. The van der Waals surface area contributed by atoms with Crippen LogP contribution in [0.15, 0.2) is 24.3 Å². The first-order chi connectivity index (χ1) is 6.72. The van der Waals surface area contributed by atoms with Gasteiger partial charge in [0.1, 0.15) is 0 Å². The third-order valence-corrected chi connectivity index (χ3v) is 2.60. The molecule has 2 aromatic rings. The number of aromatic nitrogens is 1. The van der Waals surface area contributed by atoms with E-state index in [9.17, 15) is 0 Å². The van der Waals surface area contributed by atoms with E-state index in [1.165, 1.54) is 0 Å². The van der Waals surface area contributed by atoms with E-state index in [1.54, 1.807) is 0 Å². The second-order valence-corrected chi connectivity index (χ2v) is 3.67. The van der Waals surface area contributed by atoms with E-state index in [0.29, 0.717) is 6.54 Å². The molecule has 0 saturated heterocycles. The summed E-state index contributed by atoms with van der Waals surface area (Å²) in [5.74, 6) is 0. The molecule has 14 heavy (non-hydrogen) atoms. The fourth-order valence-electron chi connectivity index (χ4n) is 1.47. The third kappa shape index (κ3) is 1.47. The maximum atomic E-state index is 6.05. The van der Waals surface area contributed by atoms with Gasteiger partial charge in [-0.2, -0.15) is 0 Å². The monoisotopic (exact) mass is 206 g/mol. The fraction of sp³-hybridized carbons (Fsp3) is 0.182. The second-order valence-electron chi connectivity index (χ2n) is 3.27. The highest BCUT2D eigenvalue weighted by molar-refractivity contribution is 6.35. The summed E-state index contributed by atoms with van der Waals surface area (Å²) in [5, 5.41) is 1.73. The standard InChI is InChI=1S/C11H11ClN2/c1-7-2-5-10(12)9-4-3-8(6-13)14-11(7)9/h2-5H,6,13H2,1H3. The van der Waals surface area contributed by atoms with Gasteiger partial charge in [0, 0.05) is 17.0 Å². The summed E-state index contributed by atoms with van der Waals surface area (Å²) >= 11 is 6.05. The van der Waals surface area contributed by atoms with Crippen molar-refractivity contribution in [3.05, 3.63) is 40.5 Å². The van der Waals surface area contributed by atoms with Crippen LogP contribution < -0.4 is 5.73 Å². The molecule has 2 rings (SSSR count). The number of fused-ring (bicyclic) bond motifs is 1. The molecule has 1 heterocycles. The van der Waals surface area contributed by atoms with Gasteiger partial charge >= 0.3 is 0 Å². The van der Waals surface area contributed by atoms with Gasteiger partial charge < -0.3 is 5.73 Å². The Balaban J connectivity index is 2.80. The second kappa shape index (κ2) is 3.56. The van der Waals surface area contributed by atoms with Crippen LogP contribution in [0.25, 0.3) is 10.9 Å². The first kappa shape index (κ1) is 9.44. The average Bonchev–Trinajstić information content (AvgIpc) is 2.23. The van der Waals surface area contributed by atoms with E-state index in [1.807, 2.05) is 31.2 Å². The lowest BCUT2D eigenvalue weighted by molar-refractivity contribution is 1.00. The first-order valence-corrected chi connectivity index (χ1v) is 4.85. The van der Waals surface area contributed by atoms with Crippen molar-refractivity contribution in [3.63, 3.8) is 0 Å². The van der Waals surface area contributed by atoms with Gasteiger partial charge in [0.2, 0.25) is 0 Å². The van der Waals surface area contributed by atoms with Gasteiger partial charge in [0.05, 0.1) is 11.2 Å². The minimum Gasteiger partial charge on any atom is -0.325 e. The van der Waals surface area contributed by atoms with Crippen molar-refractivity contribution >= 4 is 22.5 Å². The Kier molecular flexibility index (Phi) is 2.40. The van der Waals surface area contributed by atoms with Crippen LogP contribution in [-0.2, 0) is 6.54 Å². The van der Waals surface area contributed by atoms with Crippen molar-refractivity contribution < 1.29 is 0 Å². The van der Waals surface area contributed by atoms with Gasteiger partial charge in [0.25, 0.3) is 0 Å². The molecule has 0 fully saturated rings. The molecule has 0 aliphatic rings. The summed E-state index contributed by atoms with van der Waals surface area (Å²) in [6.45, 7) is 2.48. The van der Waals surface area contributed by atoms with Crippen LogP contribution in [0.5, 0.6) is 0 Å². The first-order valence-electron chi connectivity index (χ1n) is 4.47. The molecule has 0 saturated carbocycles. The molecule has 0 aliphatic carbocycles. The van der Waals surface area contributed by atoms with Crippen LogP contribution in [0.2, 0.25) is 5.02 Å². The number of pyridine rings is 1. The Morgan fingerprint density at radius 3 is 2.79 bits per heavy atom. The Labute approximate surface area is 87.7 Å². The van der Waals surface area contributed by atoms with Crippen molar-refractivity contribution in [2.45, 2.75) is 13.5 Å². The number of hydrogen-bond acceptors (Lipinski definition) is 2. The van der Waals surface area contributed by atoms with Gasteiger partial charge in [0.15, 0.2) is 0 Å². The number of hydrogen-bond donors (Lipinski definition) is 1. The summed E-state index contributed by atoms with van der Waals surface area (Å²) in [6, 6.07) is 7.74. The SMILES string of the molecule is Cc1ccc(Cl)c2ccc(CN)nc12. The minimum atomic E-state index is 0.460. The zero-order valence-corrected chi connectivity index (χ0v) is 8.67. The number of nitrogens with two attached hydrogens (primary N) is 1. The van der Waals surface area contributed by atoms with Crippen molar-refractivity contribution in [1.82, 2.24) is 4.98 Å². The molecule has 2 nitrogen and oxygen atoms in total. The fourth-order valence-corrected chi connectivity index (χ4v) is 1.69. The van der Waals surface area contributed by atoms with Gasteiger partial charge in [-0.15, -0.1) is 0 Å². The average molecular weight is 207 g/mol. The molecule has 3 heteroatoms. The van der Waals surface area contributed by atoms with Crippen molar-refractivity contribution in [2.75, 3.05) is 0 Å². The maximum Gasteiger partial charge on any atom is 0.0749 e. The van der Waals surface area contributed by atoms with E-state index in [4.69, 9.17) is 17.3 Å². The van der Waals surface area contributed by atoms with E-state index in [0.717, 1.165) is 27.2 Å². The Morgan fingerprint density at radius 2 is 2.07 bits per heavy atom. The minimum absolute atomic E-state index is 0.460. The van der Waals surface area contributed by atoms with E-state index < -0.39 is 0 Å². The van der Waals surface area contributed by atoms with Crippen LogP contribution in [-0.4, -0.2) is 4.98 Å². The quantitative estimate of drug-likeness (QED) is 0.779. The predicted octanol–water partition coefficient (Wildman–Crippen LogP) is 2.66. The summed E-state index contributed by atoms with van der Waals surface area (Å²) in [4.78, 5) is 4.44. The summed E-state index contributed by atoms with van der Waals surface area (Å²) in [7, 11) is 0. The summed E-state index contributed by atoms with van der Waals surface area (Å²) < 4.78 is 0. The Bertz CT molecular complexity index is 480. The number of halogens is 1. The van der Waals surface area contributed by atoms with Crippen LogP contribution in [0.1, 0.15) is 11.3 Å². The number of benzene rings is 1. The maximum absolute atomic E-state index is 6.05. The van der Waals surface area contributed by atoms with Crippen molar-refractivity contribution in [2.24, 2.45) is 5.73 Å². The van der Waals surface area contributed by atoms with Gasteiger partial charge in [-0.3, -0.25) is 4.98 Å².